The standard InChI is InChI=1S/C20H15Cl2F6NO2/c21-16-2-1-11(7-17(16)22)12(3-4-30)9-29-10-18(31)13-5-14(19(23,24)25)8-15(6-13)20(26,27)28/h1-2,4-8,12,29H,3,9-10H2. The summed E-state index contributed by atoms with van der Waals surface area (Å²) in [6.45, 7) is -0.483. The Bertz CT molecular complexity index is 927. The van der Waals surface area contributed by atoms with E-state index in [9.17, 15) is 35.9 Å². The van der Waals surface area contributed by atoms with Crippen LogP contribution in [0.2, 0.25) is 10.0 Å². The van der Waals surface area contributed by atoms with Crippen LogP contribution in [0.15, 0.2) is 36.4 Å². The number of carbonyl (C=O) groups is 2. The Labute approximate surface area is 183 Å². The quantitative estimate of drug-likeness (QED) is 0.276. The van der Waals surface area contributed by atoms with Gasteiger partial charge in [0.2, 0.25) is 0 Å². The van der Waals surface area contributed by atoms with Crippen LogP contribution in [0, 0.1) is 0 Å². The number of hydrogen-bond donors (Lipinski definition) is 1. The molecule has 0 aliphatic rings. The average molecular weight is 486 g/mol. The largest absolute Gasteiger partial charge is 0.416 e. The van der Waals surface area contributed by atoms with Gasteiger partial charge in [0, 0.05) is 24.4 Å². The van der Waals surface area contributed by atoms with Crippen LogP contribution in [0.5, 0.6) is 0 Å². The number of aldehydes is 1. The lowest BCUT2D eigenvalue weighted by Crippen LogP contribution is -2.28. The normalized spacial score (nSPS) is 13.2. The van der Waals surface area contributed by atoms with Crippen molar-refractivity contribution in [3.8, 4) is 0 Å². The number of hydrogen-bond acceptors (Lipinski definition) is 3. The Hall–Kier alpha value is -2.10. The maximum absolute atomic E-state index is 12.9. The van der Waals surface area contributed by atoms with Crippen molar-refractivity contribution < 1.29 is 35.9 Å². The molecular formula is C20H15Cl2F6NO2. The van der Waals surface area contributed by atoms with E-state index in [1.54, 1.807) is 6.07 Å². The molecule has 2 aromatic rings. The van der Waals surface area contributed by atoms with Crippen molar-refractivity contribution in [1.29, 1.82) is 0 Å². The Morgan fingerprint density at radius 2 is 1.52 bits per heavy atom. The first-order valence-corrected chi connectivity index (χ1v) is 9.50. The Balaban J connectivity index is 2.17. The molecule has 0 amide bonds. The summed E-state index contributed by atoms with van der Waals surface area (Å²) in [4.78, 5) is 23.2. The van der Waals surface area contributed by atoms with Gasteiger partial charge in [-0.1, -0.05) is 29.3 Å². The van der Waals surface area contributed by atoms with Gasteiger partial charge in [0.25, 0.3) is 0 Å². The molecule has 0 fully saturated rings. The van der Waals surface area contributed by atoms with Gasteiger partial charge in [0.15, 0.2) is 5.78 Å². The molecule has 3 nitrogen and oxygen atoms in total. The minimum atomic E-state index is -5.05. The van der Waals surface area contributed by atoms with Crippen molar-refractivity contribution >= 4 is 35.3 Å². The molecule has 11 heteroatoms. The highest BCUT2D eigenvalue weighted by atomic mass is 35.5. The molecule has 0 heterocycles. The number of carbonyl (C=O) groups excluding carboxylic acids is 2. The van der Waals surface area contributed by atoms with Crippen molar-refractivity contribution in [3.05, 3.63) is 68.7 Å². The maximum Gasteiger partial charge on any atom is 0.416 e. The highest BCUT2D eigenvalue weighted by molar-refractivity contribution is 6.42. The fourth-order valence-corrected chi connectivity index (χ4v) is 3.10. The van der Waals surface area contributed by atoms with Crippen molar-refractivity contribution in [2.75, 3.05) is 13.1 Å². The molecule has 1 N–H and O–H groups in total. The van der Waals surface area contributed by atoms with Crippen molar-refractivity contribution in [2.24, 2.45) is 0 Å². The fraction of sp³-hybridized carbons (Fsp3) is 0.300. The highest BCUT2D eigenvalue weighted by Crippen LogP contribution is 2.36. The number of ketones is 1. The summed E-state index contributed by atoms with van der Waals surface area (Å²) < 4.78 is 77.7. The predicted molar refractivity (Wildman–Crippen MR) is 104 cm³/mol. The van der Waals surface area contributed by atoms with E-state index in [2.05, 4.69) is 5.32 Å². The number of Topliss-reactive ketones (excluding diaryl/α,β-unsaturated/α-hetero) is 1. The number of benzene rings is 2. The topological polar surface area (TPSA) is 46.2 Å². The Morgan fingerprint density at radius 1 is 0.935 bits per heavy atom. The summed E-state index contributed by atoms with van der Waals surface area (Å²) in [5.74, 6) is -1.40. The first-order valence-electron chi connectivity index (χ1n) is 8.75. The number of rotatable bonds is 8. The Morgan fingerprint density at radius 3 is 2.00 bits per heavy atom. The third kappa shape index (κ3) is 6.95. The fourth-order valence-electron chi connectivity index (χ4n) is 2.80. The molecule has 2 aromatic carbocycles. The van der Waals surface area contributed by atoms with E-state index in [4.69, 9.17) is 23.2 Å². The monoisotopic (exact) mass is 485 g/mol. The molecule has 168 valence electrons. The van der Waals surface area contributed by atoms with Crippen LogP contribution in [-0.4, -0.2) is 25.2 Å². The van der Waals surface area contributed by atoms with Gasteiger partial charge < -0.3 is 10.1 Å². The first-order chi connectivity index (χ1) is 14.3. The lowest BCUT2D eigenvalue weighted by Gasteiger charge is -2.17. The second-order valence-electron chi connectivity index (χ2n) is 6.62. The van der Waals surface area contributed by atoms with Crippen LogP contribution < -0.4 is 5.32 Å². The van der Waals surface area contributed by atoms with Crippen molar-refractivity contribution in [2.45, 2.75) is 24.7 Å². The maximum atomic E-state index is 12.9. The van der Waals surface area contributed by atoms with E-state index in [0.29, 0.717) is 29.0 Å². The third-order valence-corrected chi connectivity index (χ3v) is 5.12. The minimum Gasteiger partial charge on any atom is -0.309 e. The molecule has 2 rings (SSSR count). The zero-order valence-corrected chi connectivity index (χ0v) is 17.1. The summed E-state index contributed by atoms with van der Waals surface area (Å²) >= 11 is 11.8. The van der Waals surface area contributed by atoms with E-state index in [1.807, 2.05) is 0 Å². The Kier molecular flexibility index (Phi) is 8.13. The van der Waals surface area contributed by atoms with E-state index < -0.39 is 47.3 Å². The lowest BCUT2D eigenvalue weighted by atomic mass is 9.96. The van der Waals surface area contributed by atoms with Gasteiger partial charge in [-0.15, -0.1) is 0 Å². The van der Waals surface area contributed by atoms with Crippen LogP contribution in [0.3, 0.4) is 0 Å². The molecule has 1 unspecified atom stereocenters. The van der Waals surface area contributed by atoms with Crippen LogP contribution in [0.1, 0.15) is 39.4 Å². The van der Waals surface area contributed by atoms with Gasteiger partial charge in [-0.3, -0.25) is 4.79 Å². The number of nitrogens with one attached hydrogen (secondary N) is 1. The van der Waals surface area contributed by atoms with Crippen LogP contribution in [0.25, 0.3) is 0 Å². The minimum absolute atomic E-state index is 0.0426. The van der Waals surface area contributed by atoms with E-state index >= 15 is 0 Å². The van der Waals surface area contributed by atoms with Crippen molar-refractivity contribution in [3.63, 3.8) is 0 Å². The van der Waals surface area contributed by atoms with E-state index in [-0.39, 0.29) is 24.1 Å². The molecule has 0 spiro atoms. The summed E-state index contributed by atoms with van der Waals surface area (Å²) in [5.41, 5.74) is -3.24. The zero-order chi connectivity index (χ0) is 23.4. The predicted octanol–water partition coefficient (Wildman–Crippen LogP) is 6.18. The molecule has 0 saturated carbocycles. The van der Waals surface area contributed by atoms with Gasteiger partial charge in [0.1, 0.15) is 6.29 Å². The average Bonchev–Trinajstić information content (AvgIpc) is 2.67. The first kappa shape index (κ1) is 25.2. The molecule has 31 heavy (non-hydrogen) atoms. The van der Waals surface area contributed by atoms with E-state index in [1.165, 1.54) is 12.1 Å². The van der Waals surface area contributed by atoms with Gasteiger partial charge >= 0.3 is 12.4 Å². The van der Waals surface area contributed by atoms with Gasteiger partial charge in [-0.25, -0.2) is 0 Å². The van der Waals surface area contributed by atoms with Crippen LogP contribution in [-0.2, 0) is 17.1 Å². The molecule has 0 saturated heterocycles. The second kappa shape index (κ2) is 10.0. The summed E-state index contributed by atoms with van der Waals surface area (Å²) in [5, 5.41) is 3.21. The third-order valence-electron chi connectivity index (χ3n) is 4.38. The number of halogens is 8. The van der Waals surface area contributed by atoms with Crippen molar-refractivity contribution in [1.82, 2.24) is 5.32 Å². The summed E-state index contributed by atoms with van der Waals surface area (Å²) in [6, 6.07) is 5.37. The second-order valence-corrected chi connectivity index (χ2v) is 7.44. The van der Waals surface area contributed by atoms with Crippen LogP contribution in [0.4, 0.5) is 26.3 Å². The molecule has 0 bridgehead atoms. The van der Waals surface area contributed by atoms with Gasteiger partial charge in [-0.2, -0.15) is 26.3 Å². The molecule has 0 radical (unpaired) electrons. The molecule has 0 aliphatic heterocycles. The SMILES string of the molecule is O=CCC(CNCC(=O)c1cc(C(F)(F)F)cc(C(F)(F)F)c1)c1ccc(Cl)c(Cl)c1. The molecule has 1 atom stereocenters. The lowest BCUT2D eigenvalue weighted by molar-refractivity contribution is -0.143. The van der Waals surface area contributed by atoms with Crippen LogP contribution >= 0.6 is 23.2 Å². The van der Waals surface area contributed by atoms with Gasteiger partial charge in [0.05, 0.1) is 27.7 Å². The summed E-state index contributed by atoms with van der Waals surface area (Å²) in [6.07, 6.45) is -9.42. The molecule has 0 aliphatic carbocycles. The molecular weight excluding hydrogens is 471 g/mol. The molecule has 0 aromatic heterocycles. The van der Waals surface area contributed by atoms with Gasteiger partial charge in [-0.05, 0) is 35.9 Å². The summed E-state index contributed by atoms with van der Waals surface area (Å²) in [7, 11) is 0. The zero-order valence-electron chi connectivity index (χ0n) is 15.6. The van der Waals surface area contributed by atoms with E-state index in [0.717, 1.165) is 0 Å². The highest BCUT2D eigenvalue weighted by Gasteiger charge is 2.37. The smallest absolute Gasteiger partial charge is 0.309 e. The number of alkyl halides is 6.